The molecule has 0 radical (unpaired) electrons. The van der Waals surface area contributed by atoms with Crippen LogP contribution in [-0.2, 0) is 28.7 Å². The van der Waals surface area contributed by atoms with Crippen molar-refractivity contribution in [1.82, 2.24) is 15.2 Å². The van der Waals surface area contributed by atoms with E-state index in [-0.39, 0.29) is 58.8 Å². The molecule has 10 rings (SSSR count). The van der Waals surface area contributed by atoms with Crippen LogP contribution in [0.5, 0.6) is 0 Å². The summed E-state index contributed by atoms with van der Waals surface area (Å²) in [6.45, 7) is 6.66. The molecule has 57 heavy (non-hydrogen) atoms. The molecule has 302 valence electrons. The van der Waals surface area contributed by atoms with Crippen LogP contribution in [0.1, 0.15) is 96.5 Å². The third-order valence-electron chi connectivity index (χ3n) is 14.2. The summed E-state index contributed by atoms with van der Waals surface area (Å²) in [6.07, 6.45) is 17.2. The van der Waals surface area contributed by atoms with Gasteiger partial charge in [0.25, 0.3) is 11.8 Å². The second-order valence-corrected chi connectivity index (χ2v) is 19.9. The van der Waals surface area contributed by atoms with Crippen molar-refractivity contribution < 1.29 is 33.8 Å². The molecule has 0 unspecified atom stereocenters. The number of fused-ring (bicyclic) bond motifs is 3. The zero-order valence-electron chi connectivity index (χ0n) is 32.9. The third kappa shape index (κ3) is 6.55. The summed E-state index contributed by atoms with van der Waals surface area (Å²) in [5.74, 6) is 0.276. The highest BCUT2D eigenvalue weighted by Gasteiger charge is 2.69. The Morgan fingerprint density at radius 2 is 1.89 bits per heavy atom. The number of carbonyl (C=O) groups excluding carboxylic acids is 4. The lowest BCUT2D eigenvalue weighted by Crippen LogP contribution is -2.53. The van der Waals surface area contributed by atoms with Crippen molar-refractivity contribution in [3.63, 3.8) is 0 Å². The van der Waals surface area contributed by atoms with Gasteiger partial charge in [-0.3, -0.25) is 14.5 Å². The molecule has 5 aliphatic carbocycles. The van der Waals surface area contributed by atoms with Crippen molar-refractivity contribution in [2.24, 2.45) is 34.5 Å². The maximum Gasteiger partial charge on any atom is 0.340 e. The van der Waals surface area contributed by atoms with E-state index in [1.165, 1.54) is 29.9 Å². The number of allylic oxidation sites excluding steroid dienone is 4. The molecule has 0 aromatic carbocycles. The van der Waals surface area contributed by atoms with E-state index in [9.17, 15) is 24.3 Å². The lowest BCUT2D eigenvalue weighted by Gasteiger charge is -2.57. The summed E-state index contributed by atoms with van der Waals surface area (Å²) in [6, 6.07) is 3.90. The van der Waals surface area contributed by atoms with Crippen LogP contribution in [-0.4, -0.2) is 69.2 Å². The Balaban J connectivity index is 1.24. The van der Waals surface area contributed by atoms with Gasteiger partial charge in [0.15, 0.2) is 0 Å². The fourth-order valence-electron chi connectivity index (χ4n) is 11.5. The monoisotopic (exact) mass is 812 g/mol. The highest BCUT2D eigenvalue weighted by molar-refractivity contribution is 8.76. The number of amides is 2. The van der Waals surface area contributed by atoms with E-state index in [0.717, 1.165) is 54.6 Å². The highest BCUT2D eigenvalue weighted by atomic mass is 33.1. The smallest absolute Gasteiger partial charge is 0.340 e. The van der Waals surface area contributed by atoms with Crippen LogP contribution in [0.4, 0.5) is 5.82 Å². The van der Waals surface area contributed by atoms with Crippen LogP contribution < -0.4 is 10.6 Å². The molecular formula is C44H52N4O7S2. The van der Waals surface area contributed by atoms with Crippen LogP contribution in [0.2, 0.25) is 0 Å². The lowest BCUT2D eigenvalue weighted by atomic mass is 9.43. The lowest BCUT2D eigenvalue weighted by molar-refractivity contribution is -0.137. The number of carbonyl (C=O) groups is 4. The molecule has 11 nitrogen and oxygen atoms in total. The molecule has 1 aromatic rings. The van der Waals surface area contributed by atoms with Gasteiger partial charge >= 0.3 is 11.9 Å². The van der Waals surface area contributed by atoms with Crippen LogP contribution in [0.25, 0.3) is 0 Å². The highest BCUT2D eigenvalue weighted by Crippen LogP contribution is 2.72. The number of ether oxygens (including phenoxy) is 2. The van der Waals surface area contributed by atoms with Gasteiger partial charge in [-0.1, -0.05) is 48.3 Å². The Bertz CT molecular complexity index is 2030. The van der Waals surface area contributed by atoms with Crippen molar-refractivity contribution in [3.8, 4) is 0 Å². The standard InChI is InChI=1S/C44H52N4O7S2/c1-4-43(15-5-6-16-43)20-31-29-9-8-28-27-13-17-44(38(28)37(29)41(52)54-31)32-10-7-24(2)40(46-21-25(3)49)57-56-23-47-33-19-26(14-18-45-33)30(36(27)39(44)42(53)55-32)22-48-34(50)11-12-35(48)51/h10-12,14,18-20,24-25,27-28,30,38,40,46,49H,4-9,13,15-17,21-23H2,1-3H3,(H,45,47)/b31-20-,32-10-/t24-,25+,27+,28+,30+,38-,40+,44+/m1/s1. The number of hydrogen-bond donors (Lipinski definition) is 3. The number of hydrogen-bond acceptors (Lipinski definition) is 12. The zero-order valence-corrected chi connectivity index (χ0v) is 34.5. The molecule has 13 heteroatoms. The second-order valence-electron chi connectivity index (χ2n) is 17.4. The third-order valence-corrected chi connectivity index (χ3v) is 16.9. The Morgan fingerprint density at radius 3 is 2.65 bits per heavy atom. The van der Waals surface area contributed by atoms with Crippen LogP contribution in [0.3, 0.4) is 0 Å². The van der Waals surface area contributed by atoms with Crippen LogP contribution in [0, 0.1) is 34.5 Å². The van der Waals surface area contributed by atoms with Gasteiger partial charge in [-0.2, -0.15) is 0 Å². The van der Waals surface area contributed by atoms with E-state index in [0.29, 0.717) is 54.4 Å². The number of imide groups is 1. The average molecular weight is 813 g/mol. The van der Waals surface area contributed by atoms with Gasteiger partial charge in [0, 0.05) is 54.4 Å². The topological polar surface area (TPSA) is 147 Å². The minimum absolute atomic E-state index is 0.0152. The van der Waals surface area contributed by atoms with Gasteiger partial charge in [-0.05, 0) is 117 Å². The van der Waals surface area contributed by atoms with Gasteiger partial charge in [0.1, 0.15) is 17.3 Å². The van der Waals surface area contributed by atoms with Gasteiger partial charge in [-0.15, -0.1) is 0 Å². The molecule has 1 spiro atoms. The molecule has 3 fully saturated rings. The predicted octanol–water partition coefficient (Wildman–Crippen LogP) is 7.06. The summed E-state index contributed by atoms with van der Waals surface area (Å²) in [4.78, 5) is 61.5. The van der Waals surface area contributed by atoms with Crippen molar-refractivity contribution in [3.05, 3.63) is 82.0 Å². The Labute approximate surface area is 342 Å². The van der Waals surface area contributed by atoms with E-state index in [2.05, 4.69) is 41.6 Å². The van der Waals surface area contributed by atoms with E-state index in [1.807, 2.05) is 12.1 Å². The Kier molecular flexibility index (Phi) is 10.3. The number of cyclic esters (lactones) is 1. The minimum atomic E-state index is -0.915. The molecule has 7 bridgehead atoms. The summed E-state index contributed by atoms with van der Waals surface area (Å²) >= 11 is 0. The largest absolute Gasteiger partial charge is 0.427 e. The molecule has 2 amide bonds. The fourth-order valence-corrected chi connectivity index (χ4v) is 14.0. The summed E-state index contributed by atoms with van der Waals surface area (Å²) < 4.78 is 12.8. The van der Waals surface area contributed by atoms with Gasteiger partial charge in [0.2, 0.25) is 0 Å². The van der Waals surface area contributed by atoms with Crippen molar-refractivity contribution >= 4 is 51.2 Å². The normalized spacial score (nSPS) is 35.3. The second kappa shape index (κ2) is 15.2. The fraction of sp³-hybridized carbons (Fsp3) is 0.568. The van der Waals surface area contributed by atoms with Gasteiger partial charge in [-0.25, -0.2) is 14.6 Å². The van der Waals surface area contributed by atoms with Crippen LogP contribution >= 0.6 is 21.6 Å². The van der Waals surface area contributed by atoms with Crippen molar-refractivity contribution in [2.45, 2.75) is 102 Å². The number of rotatable bonds is 7. The molecule has 5 heterocycles. The summed E-state index contributed by atoms with van der Waals surface area (Å²) in [5.41, 5.74) is 3.17. The van der Waals surface area contributed by atoms with Crippen LogP contribution in [0.15, 0.2) is 76.4 Å². The molecule has 2 saturated carbocycles. The SMILES string of the molecule is CCC1(/C=C2\OC(=O)C3=C2CC[C@H]2[C@@H]4CC[C@@]5(C6=C4[C@@H](CN4C(=O)C=CC4=O)c4ccnc(c4)NCSS[C@H](NC[C@H](C)O)[C@H](C)C/C=C/5OC6=O)[C@@H]32)CCCC1. The molecule has 8 atom stereocenters. The quantitative estimate of drug-likeness (QED) is 0.147. The number of anilines is 1. The first-order chi connectivity index (χ1) is 27.5. The van der Waals surface area contributed by atoms with E-state index in [1.54, 1.807) is 34.7 Å². The first-order valence-corrected chi connectivity index (χ1v) is 23.2. The van der Waals surface area contributed by atoms with E-state index >= 15 is 0 Å². The van der Waals surface area contributed by atoms with E-state index in [4.69, 9.17) is 9.47 Å². The number of aliphatic hydroxyl groups is 1. The molecule has 1 saturated heterocycles. The summed E-state index contributed by atoms with van der Waals surface area (Å²) in [5, 5.41) is 17.1. The number of aliphatic hydroxyl groups excluding tert-OH is 1. The Morgan fingerprint density at radius 1 is 1.11 bits per heavy atom. The number of nitrogens with zero attached hydrogens (tertiary/aromatic N) is 2. The molecule has 1 aromatic heterocycles. The molecule has 9 aliphatic rings. The predicted molar refractivity (Wildman–Crippen MR) is 219 cm³/mol. The maximum absolute atomic E-state index is 14.8. The first-order valence-electron chi connectivity index (χ1n) is 20.8. The molecule has 4 aliphatic heterocycles. The molecule has 3 N–H and O–H groups in total. The summed E-state index contributed by atoms with van der Waals surface area (Å²) in [7, 11) is 3.33. The number of pyridine rings is 1. The number of nitrogens with one attached hydrogen (secondary N) is 2. The van der Waals surface area contributed by atoms with Crippen molar-refractivity contribution in [2.75, 3.05) is 24.3 Å². The maximum atomic E-state index is 14.8. The Hall–Kier alpha value is -3.65. The molecular weight excluding hydrogens is 761 g/mol. The average Bonchev–Trinajstić information content (AvgIpc) is 3.96. The number of aromatic nitrogens is 1. The van der Waals surface area contributed by atoms with E-state index < -0.39 is 23.4 Å². The zero-order chi connectivity index (χ0) is 39.6. The van der Waals surface area contributed by atoms with Crippen molar-refractivity contribution in [1.29, 1.82) is 0 Å². The van der Waals surface area contributed by atoms with Gasteiger partial charge in [0.05, 0.1) is 28.3 Å². The first kappa shape index (κ1) is 38.8. The minimum Gasteiger partial charge on any atom is -0.427 e. The number of esters is 2. The van der Waals surface area contributed by atoms with Gasteiger partial charge < -0.3 is 25.2 Å².